The molecule has 11 heteroatoms. The summed E-state index contributed by atoms with van der Waals surface area (Å²) < 4.78 is 79.6. The van der Waals surface area contributed by atoms with E-state index in [9.17, 15) is 26.3 Å². The van der Waals surface area contributed by atoms with Crippen LogP contribution in [0, 0.1) is 0 Å². The molecule has 0 bridgehead atoms. The van der Waals surface area contributed by atoms with E-state index in [-0.39, 0.29) is 5.56 Å². The molecule has 4 nitrogen and oxygen atoms in total. The van der Waals surface area contributed by atoms with E-state index in [0.29, 0.717) is 0 Å². The molecule has 2 aromatic rings. The van der Waals surface area contributed by atoms with E-state index in [1.807, 2.05) is 0 Å². The minimum atomic E-state index is -4.95. The van der Waals surface area contributed by atoms with Crippen LogP contribution in [0.4, 0.5) is 26.3 Å². The molecule has 0 saturated heterocycles. The lowest BCUT2D eigenvalue weighted by atomic mass is 9.76. The first-order valence-electron chi connectivity index (χ1n) is 6.27. The van der Waals surface area contributed by atoms with Gasteiger partial charge in [-0.1, -0.05) is 0 Å². The van der Waals surface area contributed by atoms with Crippen molar-refractivity contribution in [2.24, 2.45) is 0 Å². The van der Waals surface area contributed by atoms with E-state index in [1.54, 1.807) is 0 Å². The van der Waals surface area contributed by atoms with Crippen LogP contribution in [0.5, 0.6) is 5.75 Å². The van der Waals surface area contributed by atoms with Crippen molar-refractivity contribution in [3.05, 3.63) is 42.1 Å². The molecule has 0 radical (unpaired) electrons. The second kappa shape index (κ2) is 6.32. The fourth-order valence-electron chi connectivity index (χ4n) is 2.02. The van der Waals surface area contributed by atoms with Gasteiger partial charge in [0.1, 0.15) is 5.75 Å². The molecule has 0 fully saturated rings. The van der Waals surface area contributed by atoms with Gasteiger partial charge < -0.3 is 14.8 Å². The van der Waals surface area contributed by atoms with Gasteiger partial charge in [0.2, 0.25) is 0 Å². The zero-order valence-corrected chi connectivity index (χ0v) is 11.6. The third-order valence-corrected chi connectivity index (χ3v) is 2.91. The highest BCUT2D eigenvalue weighted by Crippen LogP contribution is 2.35. The minimum Gasteiger partial charge on any atom is -0.423 e. The van der Waals surface area contributed by atoms with Crippen molar-refractivity contribution in [1.29, 1.82) is 0 Å². The maximum absolute atomic E-state index is 13.2. The number of rotatable bonds is 3. The zero-order chi connectivity index (χ0) is 18.1. The van der Waals surface area contributed by atoms with E-state index in [4.69, 9.17) is 10.0 Å². The average Bonchev–Trinajstić information content (AvgIpc) is 2.44. The van der Waals surface area contributed by atoms with Gasteiger partial charge in [0.15, 0.2) is 0 Å². The van der Waals surface area contributed by atoms with Crippen molar-refractivity contribution in [2.75, 3.05) is 0 Å². The fraction of sp³-hybridized carbons (Fsp3) is 0.154. The van der Waals surface area contributed by atoms with E-state index >= 15 is 0 Å². The third kappa shape index (κ3) is 4.17. The predicted molar refractivity (Wildman–Crippen MR) is 71.2 cm³/mol. The molecule has 0 aliphatic heterocycles. The SMILES string of the molecule is OB(O)c1ccnc(-c2ccc(OC(F)(F)F)cc2)c1C(F)(F)F. The fourth-order valence-corrected chi connectivity index (χ4v) is 2.02. The van der Waals surface area contributed by atoms with Gasteiger partial charge in [0, 0.05) is 11.8 Å². The standard InChI is InChI=1S/C13H8BF6NO3/c15-12(16,17)10-9(14(22)23)5-6-21-11(10)7-1-3-8(4-2-7)24-13(18,19)20/h1-6,22-23H. The van der Waals surface area contributed by atoms with E-state index in [1.165, 1.54) is 0 Å². The Balaban J connectivity index is 2.51. The van der Waals surface area contributed by atoms with Crippen LogP contribution in [0.1, 0.15) is 5.56 Å². The van der Waals surface area contributed by atoms with Crippen molar-refractivity contribution in [1.82, 2.24) is 4.98 Å². The summed E-state index contributed by atoms with van der Waals surface area (Å²) in [6, 6.07) is 4.34. The molecule has 1 heterocycles. The van der Waals surface area contributed by atoms with E-state index < -0.39 is 42.1 Å². The number of halogens is 6. The number of pyridine rings is 1. The lowest BCUT2D eigenvalue weighted by Gasteiger charge is -2.16. The summed E-state index contributed by atoms with van der Waals surface area (Å²) in [5, 5.41) is 18.2. The van der Waals surface area contributed by atoms with Gasteiger partial charge in [-0.25, -0.2) is 0 Å². The first-order chi connectivity index (χ1) is 11.0. The highest BCUT2D eigenvalue weighted by molar-refractivity contribution is 6.59. The molecule has 0 aliphatic rings. The first kappa shape index (κ1) is 18.1. The van der Waals surface area contributed by atoms with Gasteiger partial charge in [0.05, 0.1) is 11.3 Å². The number of ether oxygens (including phenoxy) is 1. The monoisotopic (exact) mass is 351 g/mol. The Bertz CT molecular complexity index is 715. The van der Waals surface area contributed by atoms with Crippen molar-refractivity contribution in [3.63, 3.8) is 0 Å². The maximum atomic E-state index is 13.2. The molecule has 0 amide bonds. The van der Waals surface area contributed by atoms with Crippen molar-refractivity contribution in [3.8, 4) is 17.0 Å². The van der Waals surface area contributed by atoms with Gasteiger partial charge in [-0.05, 0) is 35.8 Å². The lowest BCUT2D eigenvalue weighted by molar-refractivity contribution is -0.274. The summed E-state index contributed by atoms with van der Waals surface area (Å²) >= 11 is 0. The second-order valence-corrected chi connectivity index (χ2v) is 4.57. The Hall–Kier alpha value is -2.27. The number of alkyl halides is 6. The van der Waals surface area contributed by atoms with Crippen LogP contribution in [0.15, 0.2) is 36.5 Å². The Kier molecular flexibility index (Phi) is 4.76. The molecule has 2 N–H and O–H groups in total. The maximum Gasteiger partial charge on any atom is 0.573 e. The van der Waals surface area contributed by atoms with Crippen LogP contribution in [0.2, 0.25) is 0 Å². The molecular formula is C13H8BF6NO3. The van der Waals surface area contributed by atoms with Crippen LogP contribution in [-0.2, 0) is 6.18 Å². The molecule has 24 heavy (non-hydrogen) atoms. The summed E-state index contributed by atoms with van der Waals surface area (Å²) in [4.78, 5) is 3.56. The molecule has 0 aliphatic carbocycles. The largest absolute Gasteiger partial charge is 0.573 e. The van der Waals surface area contributed by atoms with E-state index in [0.717, 1.165) is 36.5 Å². The topological polar surface area (TPSA) is 62.6 Å². The lowest BCUT2D eigenvalue weighted by Crippen LogP contribution is -2.37. The Labute approximate surface area is 131 Å². The van der Waals surface area contributed by atoms with Crippen molar-refractivity contribution >= 4 is 12.6 Å². The van der Waals surface area contributed by atoms with Gasteiger partial charge in [0.25, 0.3) is 0 Å². The number of nitrogens with zero attached hydrogens (tertiary/aromatic N) is 1. The number of hydrogen-bond donors (Lipinski definition) is 2. The first-order valence-corrected chi connectivity index (χ1v) is 6.27. The zero-order valence-electron chi connectivity index (χ0n) is 11.6. The molecule has 0 saturated carbocycles. The van der Waals surface area contributed by atoms with Gasteiger partial charge in [-0.2, -0.15) is 13.2 Å². The van der Waals surface area contributed by atoms with Crippen LogP contribution in [0.3, 0.4) is 0 Å². The Morgan fingerprint density at radius 2 is 1.50 bits per heavy atom. The molecule has 1 aromatic carbocycles. The average molecular weight is 351 g/mol. The normalized spacial score (nSPS) is 12.2. The molecular weight excluding hydrogens is 343 g/mol. The number of aromatic nitrogens is 1. The molecule has 1 aromatic heterocycles. The Morgan fingerprint density at radius 3 is 1.96 bits per heavy atom. The summed E-state index contributed by atoms with van der Waals surface area (Å²) in [5.74, 6) is -0.613. The molecule has 0 unspecified atom stereocenters. The third-order valence-electron chi connectivity index (χ3n) is 2.91. The van der Waals surface area contributed by atoms with E-state index in [2.05, 4.69) is 9.72 Å². The second-order valence-electron chi connectivity index (χ2n) is 4.57. The molecule has 0 spiro atoms. The predicted octanol–water partition coefficient (Wildman–Crippen LogP) is 2.35. The van der Waals surface area contributed by atoms with Crippen molar-refractivity contribution < 1.29 is 41.1 Å². The van der Waals surface area contributed by atoms with Crippen LogP contribution < -0.4 is 10.2 Å². The summed E-state index contributed by atoms with van der Waals surface area (Å²) in [6.45, 7) is 0. The highest BCUT2D eigenvalue weighted by Gasteiger charge is 2.40. The summed E-state index contributed by atoms with van der Waals surface area (Å²) in [6.07, 6.45) is -8.96. The van der Waals surface area contributed by atoms with Crippen LogP contribution >= 0.6 is 0 Å². The summed E-state index contributed by atoms with van der Waals surface area (Å²) in [7, 11) is -2.39. The Morgan fingerprint density at radius 1 is 0.917 bits per heavy atom. The van der Waals surface area contributed by atoms with Gasteiger partial charge >= 0.3 is 19.7 Å². The quantitative estimate of drug-likeness (QED) is 0.658. The van der Waals surface area contributed by atoms with Gasteiger partial charge in [-0.15, -0.1) is 13.2 Å². The molecule has 0 atom stereocenters. The van der Waals surface area contributed by atoms with Crippen molar-refractivity contribution in [2.45, 2.75) is 12.5 Å². The molecule has 128 valence electrons. The molecule has 2 rings (SSSR count). The van der Waals surface area contributed by atoms with Gasteiger partial charge in [-0.3, -0.25) is 4.98 Å². The number of hydrogen-bond acceptors (Lipinski definition) is 4. The highest BCUT2D eigenvalue weighted by atomic mass is 19.4. The summed E-state index contributed by atoms with van der Waals surface area (Å²) in [5.41, 5.74) is -3.02. The minimum absolute atomic E-state index is 0.167. The smallest absolute Gasteiger partial charge is 0.423 e. The number of benzene rings is 1. The van der Waals surface area contributed by atoms with Crippen LogP contribution in [0.25, 0.3) is 11.3 Å². The van der Waals surface area contributed by atoms with Crippen LogP contribution in [-0.4, -0.2) is 28.5 Å².